The molecule has 1 rings (SSSR count). The molecule has 0 saturated carbocycles. The lowest BCUT2D eigenvalue weighted by molar-refractivity contribution is 0.0860. The van der Waals surface area contributed by atoms with Gasteiger partial charge >= 0.3 is 0 Å². The van der Waals surface area contributed by atoms with Gasteiger partial charge in [0.05, 0.1) is 7.11 Å². The molecule has 0 unspecified atom stereocenters. The molecule has 0 atom stereocenters. The van der Waals surface area contributed by atoms with E-state index in [2.05, 4.69) is 10.3 Å². The summed E-state index contributed by atoms with van der Waals surface area (Å²) in [5.41, 5.74) is 2.64. The van der Waals surface area contributed by atoms with Crippen LogP contribution in [0.15, 0.2) is 12.1 Å². The molecule has 3 nitrogen and oxygen atoms in total. The van der Waals surface area contributed by atoms with Crippen molar-refractivity contribution in [3.63, 3.8) is 0 Å². The van der Waals surface area contributed by atoms with E-state index in [9.17, 15) is 8.78 Å². The molecule has 0 saturated heterocycles. The number of halogens is 2. The van der Waals surface area contributed by atoms with E-state index in [1.54, 1.807) is 0 Å². The van der Waals surface area contributed by atoms with Gasteiger partial charge in [-0.2, -0.15) is 5.48 Å². The third-order valence-electron chi connectivity index (χ3n) is 1.53. The van der Waals surface area contributed by atoms with E-state index in [-0.39, 0.29) is 17.9 Å². The topological polar surface area (TPSA) is 41.5 Å². The Kier molecular flexibility index (Phi) is 3.16. The summed E-state index contributed by atoms with van der Waals surface area (Å²) in [5.74, 6) is -2.37. The van der Waals surface area contributed by atoms with Crippen LogP contribution in [-0.2, 0) is 11.4 Å². The van der Waals surface area contributed by atoms with Crippen LogP contribution in [0.2, 0.25) is 0 Å². The zero-order chi connectivity index (χ0) is 9.84. The average Bonchev–Trinajstić information content (AvgIpc) is 2.09. The molecule has 1 aromatic rings. The zero-order valence-corrected chi connectivity index (χ0v) is 6.97. The van der Waals surface area contributed by atoms with Crippen LogP contribution in [0.5, 0.6) is 5.75 Å². The highest BCUT2D eigenvalue weighted by Crippen LogP contribution is 2.20. The van der Waals surface area contributed by atoms with Gasteiger partial charge < -0.3 is 9.94 Å². The molecule has 0 heterocycles. The van der Waals surface area contributed by atoms with Crippen LogP contribution in [0.4, 0.5) is 8.78 Å². The molecular weight excluding hydrogens is 180 g/mol. The Balaban J connectivity index is 2.88. The lowest BCUT2D eigenvalue weighted by atomic mass is 10.2. The number of phenols is 1. The molecule has 0 amide bonds. The summed E-state index contributed by atoms with van der Waals surface area (Å²) in [6.45, 7) is 0.111. The van der Waals surface area contributed by atoms with Crippen molar-refractivity contribution in [1.82, 2.24) is 5.48 Å². The summed E-state index contributed by atoms with van der Waals surface area (Å²) < 4.78 is 25.1. The SMILES string of the molecule is CONCc1cc(F)c(F)cc1O. The molecule has 0 spiro atoms. The fourth-order valence-corrected chi connectivity index (χ4v) is 0.869. The van der Waals surface area contributed by atoms with Crippen LogP contribution in [0.3, 0.4) is 0 Å². The van der Waals surface area contributed by atoms with E-state index in [0.717, 1.165) is 12.1 Å². The van der Waals surface area contributed by atoms with Crippen molar-refractivity contribution in [3.8, 4) is 5.75 Å². The minimum Gasteiger partial charge on any atom is -0.508 e. The quantitative estimate of drug-likeness (QED) is 0.704. The number of aromatic hydroxyl groups is 1. The predicted molar refractivity (Wildman–Crippen MR) is 41.9 cm³/mol. The number of hydroxylamine groups is 1. The van der Waals surface area contributed by atoms with Crippen molar-refractivity contribution in [2.45, 2.75) is 6.54 Å². The second-order valence-electron chi connectivity index (χ2n) is 2.42. The third-order valence-corrected chi connectivity index (χ3v) is 1.53. The molecule has 5 heteroatoms. The summed E-state index contributed by atoms with van der Waals surface area (Å²) in [5, 5.41) is 9.14. The number of hydrogen-bond acceptors (Lipinski definition) is 3. The third kappa shape index (κ3) is 2.37. The van der Waals surface area contributed by atoms with Gasteiger partial charge in [0.2, 0.25) is 0 Å². The first-order valence-electron chi connectivity index (χ1n) is 3.58. The maximum absolute atomic E-state index is 12.6. The number of phenolic OH excluding ortho intramolecular Hbond substituents is 1. The minimum atomic E-state index is -1.07. The molecule has 0 radical (unpaired) electrons. The average molecular weight is 189 g/mol. The Morgan fingerprint density at radius 2 is 2.00 bits per heavy atom. The summed E-state index contributed by atoms with van der Waals surface area (Å²) in [4.78, 5) is 4.49. The van der Waals surface area contributed by atoms with Gasteiger partial charge in [0, 0.05) is 18.2 Å². The first kappa shape index (κ1) is 9.88. The highest BCUT2D eigenvalue weighted by molar-refractivity contribution is 5.33. The maximum atomic E-state index is 12.6. The Bertz CT molecular complexity index is 304. The van der Waals surface area contributed by atoms with Gasteiger partial charge in [0.25, 0.3) is 0 Å². The largest absolute Gasteiger partial charge is 0.508 e. The molecule has 0 aliphatic rings. The van der Waals surface area contributed by atoms with Crippen LogP contribution in [0, 0.1) is 11.6 Å². The number of nitrogens with one attached hydrogen (secondary N) is 1. The summed E-state index contributed by atoms with van der Waals surface area (Å²) in [7, 11) is 1.39. The summed E-state index contributed by atoms with van der Waals surface area (Å²) >= 11 is 0. The van der Waals surface area contributed by atoms with Crippen molar-refractivity contribution in [2.24, 2.45) is 0 Å². The van der Waals surface area contributed by atoms with Gasteiger partial charge in [-0.25, -0.2) is 8.78 Å². The van der Waals surface area contributed by atoms with Crippen LogP contribution < -0.4 is 5.48 Å². The fraction of sp³-hybridized carbons (Fsp3) is 0.250. The normalized spacial score (nSPS) is 10.4. The highest BCUT2D eigenvalue weighted by Gasteiger charge is 2.08. The van der Waals surface area contributed by atoms with E-state index >= 15 is 0 Å². The molecule has 0 aromatic heterocycles. The van der Waals surface area contributed by atoms with Gasteiger partial charge in [0.15, 0.2) is 11.6 Å². The summed E-state index contributed by atoms with van der Waals surface area (Å²) in [6, 6.07) is 1.64. The number of hydrogen-bond donors (Lipinski definition) is 2. The van der Waals surface area contributed by atoms with Gasteiger partial charge in [-0.1, -0.05) is 0 Å². The molecule has 0 aliphatic carbocycles. The van der Waals surface area contributed by atoms with Crippen molar-refractivity contribution in [3.05, 3.63) is 29.3 Å². The Morgan fingerprint density at radius 3 is 2.62 bits per heavy atom. The van der Waals surface area contributed by atoms with Crippen LogP contribution in [0.25, 0.3) is 0 Å². The smallest absolute Gasteiger partial charge is 0.162 e. The molecule has 72 valence electrons. The Morgan fingerprint density at radius 1 is 1.38 bits per heavy atom. The van der Waals surface area contributed by atoms with Gasteiger partial charge in [-0.05, 0) is 6.07 Å². The van der Waals surface area contributed by atoms with Gasteiger partial charge in [-0.3, -0.25) is 0 Å². The van der Waals surface area contributed by atoms with E-state index in [4.69, 9.17) is 5.11 Å². The first-order valence-corrected chi connectivity index (χ1v) is 3.58. The van der Waals surface area contributed by atoms with Crippen LogP contribution in [-0.4, -0.2) is 12.2 Å². The molecule has 0 aliphatic heterocycles. The van der Waals surface area contributed by atoms with Gasteiger partial charge in [-0.15, -0.1) is 0 Å². The highest BCUT2D eigenvalue weighted by atomic mass is 19.2. The molecular formula is C8H9F2NO2. The van der Waals surface area contributed by atoms with Gasteiger partial charge in [0.1, 0.15) is 5.75 Å². The molecule has 0 fully saturated rings. The van der Waals surface area contributed by atoms with Crippen LogP contribution >= 0.6 is 0 Å². The maximum Gasteiger partial charge on any atom is 0.162 e. The number of benzene rings is 1. The van der Waals surface area contributed by atoms with E-state index in [1.165, 1.54) is 7.11 Å². The van der Waals surface area contributed by atoms with Crippen LogP contribution in [0.1, 0.15) is 5.56 Å². The zero-order valence-electron chi connectivity index (χ0n) is 6.97. The van der Waals surface area contributed by atoms with E-state index < -0.39 is 11.6 Å². The second-order valence-corrected chi connectivity index (χ2v) is 2.42. The van der Waals surface area contributed by atoms with Crippen molar-refractivity contribution in [2.75, 3.05) is 7.11 Å². The standard InChI is InChI=1S/C8H9F2NO2/c1-13-11-4-5-2-6(9)7(10)3-8(5)12/h2-3,11-12H,4H2,1H3. The molecule has 13 heavy (non-hydrogen) atoms. The van der Waals surface area contributed by atoms with Crippen molar-refractivity contribution in [1.29, 1.82) is 0 Å². The van der Waals surface area contributed by atoms with E-state index in [0.29, 0.717) is 0 Å². The lowest BCUT2D eigenvalue weighted by Gasteiger charge is -2.05. The second kappa shape index (κ2) is 4.15. The summed E-state index contributed by atoms with van der Waals surface area (Å²) in [6.07, 6.45) is 0. The lowest BCUT2D eigenvalue weighted by Crippen LogP contribution is -2.11. The van der Waals surface area contributed by atoms with Crippen molar-refractivity contribution >= 4 is 0 Å². The molecule has 0 bridgehead atoms. The Labute approximate surface area is 73.9 Å². The van der Waals surface area contributed by atoms with E-state index in [1.807, 2.05) is 0 Å². The minimum absolute atomic E-state index is 0.111. The molecule has 2 N–H and O–H groups in total. The molecule has 1 aromatic carbocycles. The first-order chi connectivity index (χ1) is 6.15. The monoisotopic (exact) mass is 189 g/mol. The Hall–Kier alpha value is -1.20. The van der Waals surface area contributed by atoms with Crippen molar-refractivity contribution < 1.29 is 18.7 Å². The fourth-order valence-electron chi connectivity index (χ4n) is 0.869. The number of rotatable bonds is 3. The predicted octanol–water partition coefficient (Wildman–Crippen LogP) is 1.32.